The Morgan fingerprint density at radius 1 is 1.19 bits per heavy atom. The summed E-state index contributed by atoms with van der Waals surface area (Å²) >= 11 is 0. The lowest BCUT2D eigenvalue weighted by molar-refractivity contribution is -0.0337. The molecule has 1 aromatic heterocycles. The molecule has 0 N–H and O–H groups in total. The summed E-state index contributed by atoms with van der Waals surface area (Å²) in [5, 5.41) is 6.41. The second kappa shape index (κ2) is 7.43. The van der Waals surface area contributed by atoms with Crippen molar-refractivity contribution in [2.75, 3.05) is 26.8 Å². The topological polar surface area (TPSA) is 60.6 Å². The van der Waals surface area contributed by atoms with Gasteiger partial charge < -0.3 is 14.0 Å². The van der Waals surface area contributed by atoms with Crippen LogP contribution < -0.4 is 4.74 Å². The van der Waals surface area contributed by atoms with Crippen molar-refractivity contribution in [1.82, 2.24) is 15.0 Å². The van der Waals surface area contributed by atoms with Crippen molar-refractivity contribution < 1.29 is 14.0 Å². The van der Waals surface area contributed by atoms with Gasteiger partial charge in [-0.2, -0.15) is 4.98 Å². The minimum atomic E-state index is 0.0489. The van der Waals surface area contributed by atoms with E-state index in [2.05, 4.69) is 45.4 Å². The number of hydrogen-bond acceptors (Lipinski definition) is 6. The van der Waals surface area contributed by atoms with E-state index in [1.54, 1.807) is 7.11 Å². The lowest BCUT2D eigenvalue weighted by Crippen LogP contribution is -2.38. The van der Waals surface area contributed by atoms with Gasteiger partial charge in [-0.1, -0.05) is 30.3 Å². The highest BCUT2D eigenvalue weighted by Gasteiger charge is 2.23. The molecule has 0 saturated carbocycles. The number of ether oxygens (including phenoxy) is 2. The van der Waals surface area contributed by atoms with E-state index in [9.17, 15) is 0 Å². The van der Waals surface area contributed by atoms with Crippen LogP contribution in [-0.2, 0) is 17.7 Å². The zero-order chi connectivity index (χ0) is 17.9. The fraction of sp³-hybridized carbons (Fsp3) is 0.400. The van der Waals surface area contributed by atoms with E-state index in [1.165, 1.54) is 16.3 Å². The molecule has 1 aliphatic heterocycles. The van der Waals surface area contributed by atoms with Gasteiger partial charge in [0.25, 0.3) is 0 Å². The van der Waals surface area contributed by atoms with Crippen LogP contribution in [0.25, 0.3) is 10.8 Å². The number of morpholine rings is 1. The lowest BCUT2D eigenvalue weighted by atomic mass is 10.0. The lowest BCUT2D eigenvalue weighted by Gasteiger charge is -2.32. The number of aryl methyl sites for hydroxylation is 1. The molecule has 1 atom stereocenters. The predicted molar refractivity (Wildman–Crippen MR) is 98.1 cm³/mol. The van der Waals surface area contributed by atoms with Crippen LogP contribution in [0.4, 0.5) is 0 Å². The van der Waals surface area contributed by atoms with Gasteiger partial charge in [0.1, 0.15) is 5.75 Å². The van der Waals surface area contributed by atoms with E-state index >= 15 is 0 Å². The van der Waals surface area contributed by atoms with E-state index in [4.69, 9.17) is 14.0 Å². The third kappa shape index (κ3) is 3.57. The zero-order valence-corrected chi connectivity index (χ0v) is 15.1. The quantitative estimate of drug-likeness (QED) is 0.701. The molecule has 6 heteroatoms. The highest BCUT2D eigenvalue weighted by atomic mass is 16.5. The average molecular weight is 353 g/mol. The smallest absolute Gasteiger partial charge is 0.226 e. The van der Waals surface area contributed by atoms with E-state index < -0.39 is 0 Å². The normalized spacial score (nSPS) is 18.3. The van der Waals surface area contributed by atoms with Crippen molar-refractivity contribution in [3.05, 3.63) is 53.7 Å². The molecule has 1 unspecified atom stereocenters. The molecule has 6 nitrogen and oxygen atoms in total. The monoisotopic (exact) mass is 353 g/mol. The van der Waals surface area contributed by atoms with Gasteiger partial charge in [0.2, 0.25) is 5.89 Å². The molecular formula is C20H23N3O3. The Morgan fingerprint density at radius 2 is 2.04 bits per heavy atom. The maximum atomic E-state index is 6.02. The first-order valence-corrected chi connectivity index (χ1v) is 8.98. The van der Waals surface area contributed by atoms with Crippen molar-refractivity contribution in [3.63, 3.8) is 0 Å². The molecular weight excluding hydrogens is 330 g/mol. The first-order valence-electron chi connectivity index (χ1n) is 8.98. The summed E-state index contributed by atoms with van der Waals surface area (Å²) in [4.78, 5) is 6.72. The first kappa shape index (κ1) is 17.0. The molecule has 0 bridgehead atoms. The maximum absolute atomic E-state index is 6.02. The largest absolute Gasteiger partial charge is 0.497 e. The molecule has 26 heavy (non-hydrogen) atoms. The zero-order valence-electron chi connectivity index (χ0n) is 15.1. The van der Waals surface area contributed by atoms with Crippen LogP contribution >= 0.6 is 0 Å². The maximum Gasteiger partial charge on any atom is 0.226 e. The third-order valence-corrected chi connectivity index (χ3v) is 4.77. The Hall–Kier alpha value is -2.44. The summed E-state index contributed by atoms with van der Waals surface area (Å²) in [6.45, 7) is 5.09. The van der Waals surface area contributed by atoms with Crippen molar-refractivity contribution in [2.45, 2.75) is 26.0 Å². The Kier molecular flexibility index (Phi) is 4.86. The number of rotatable bonds is 5. The van der Waals surface area contributed by atoms with Crippen LogP contribution in [0.5, 0.6) is 5.75 Å². The van der Waals surface area contributed by atoms with Crippen LogP contribution in [0.3, 0.4) is 0 Å². The molecule has 0 amide bonds. The van der Waals surface area contributed by atoms with E-state index in [-0.39, 0.29) is 6.10 Å². The second-order valence-corrected chi connectivity index (χ2v) is 6.52. The molecule has 136 valence electrons. The van der Waals surface area contributed by atoms with E-state index in [0.717, 1.165) is 31.1 Å². The number of nitrogens with zero attached hydrogens (tertiary/aromatic N) is 3. The Bertz CT molecular complexity index is 893. The molecule has 0 radical (unpaired) electrons. The van der Waals surface area contributed by atoms with Gasteiger partial charge in [-0.05, 0) is 34.5 Å². The summed E-state index contributed by atoms with van der Waals surface area (Å²) in [5.41, 5.74) is 1.19. The van der Waals surface area contributed by atoms with Crippen LogP contribution in [-0.4, -0.2) is 41.8 Å². The third-order valence-electron chi connectivity index (χ3n) is 4.77. The van der Waals surface area contributed by atoms with Gasteiger partial charge in [-0.3, -0.25) is 4.90 Å². The fourth-order valence-electron chi connectivity index (χ4n) is 3.32. The first-order chi connectivity index (χ1) is 12.7. The van der Waals surface area contributed by atoms with Gasteiger partial charge in [-0.15, -0.1) is 0 Å². The standard InChI is InChI=1S/C20H23N3O3/c1-3-20-21-19(22-26-20)13-23-8-9-25-18(12-23)16-5-4-15-11-17(24-2)7-6-14(15)10-16/h4-7,10-11,18H,3,8-9,12-13H2,1-2H3. The summed E-state index contributed by atoms with van der Waals surface area (Å²) in [7, 11) is 1.69. The summed E-state index contributed by atoms with van der Waals surface area (Å²) in [6, 6.07) is 12.6. The van der Waals surface area contributed by atoms with Gasteiger partial charge in [0.05, 0.1) is 26.4 Å². The molecule has 2 heterocycles. The SMILES string of the molecule is CCc1nc(CN2CCOC(c3ccc4cc(OC)ccc4c3)C2)no1. The van der Waals surface area contributed by atoms with Gasteiger partial charge in [0.15, 0.2) is 5.82 Å². The van der Waals surface area contributed by atoms with Crippen LogP contribution in [0.15, 0.2) is 40.9 Å². The fourth-order valence-corrected chi connectivity index (χ4v) is 3.32. The highest BCUT2D eigenvalue weighted by molar-refractivity contribution is 5.84. The van der Waals surface area contributed by atoms with Crippen molar-refractivity contribution in [3.8, 4) is 5.75 Å². The number of benzene rings is 2. The van der Waals surface area contributed by atoms with Crippen LogP contribution in [0.1, 0.15) is 30.3 Å². The number of aromatic nitrogens is 2. The van der Waals surface area contributed by atoms with E-state index in [0.29, 0.717) is 19.0 Å². The average Bonchev–Trinajstić information content (AvgIpc) is 3.15. The highest BCUT2D eigenvalue weighted by Crippen LogP contribution is 2.28. The molecule has 1 saturated heterocycles. The number of hydrogen-bond donors (Lipinski definition) is 0. The number of methoxy groups -OCH3 is 1. The molecule has 0 spiro atoms. The van der Waals surface area contributed by atoms with Crippen molar-refractivity contribution in [2.24, 2.45) is 0 Å². The van der Waals surface area contributed by atoms with Gasteiger partial charge >= 0.3 is 0 Å². The minimum absolute atomic E-state index is 0.0489. The second-order valence-electron chi connectivity index (χ2n) is 6.52. The Morgan fingerprint density at radius 3 is 2.85 bits per heavy atom. The van der Waals surface area contributed by atoms with Crippen molar-refractivity contribution >= 4 is 10.8 Å². The van der Waals surface area contributed by atoms with Gasteiger partial charge in [-0.25, -0.2) is 0 Å². The molecule has 1 fully saturated rings. The van der Waals surface area contributed by atoms with E-state index in [1.807, 2.05) is 13.0 Å². The molecule has 2 aromatic carbocycles. The minimum Gasteiger partial charge on any atom is -0.497 e. The van der Waals surface area contributed by atoms with Crippen LogP contribution in [0, 0.1) is 0 Å². The number of fused-ring (bicyclic) bond motifs is 1. The van der Waals surface area contributed by atoms with Crippen molar-refractivity contribution in [1.29, 1.82) is 0 Å². The van der Waals surface area contributed by atoms with Gasteiger partial charge in [0, 0.05) is 19.5 Å². The Labute approximate surface area is 152 Å². The molecule has 0 aliphatic carbocycles. The van der Waals surface area contributed by atoms with Crippen LogP contribution in [0.2, 0.25) is 0 Å². The molecule has 1 aliphatic rings. The predicted octanol–water partition coefficient (Wildman–Crippen LogP) is 3.37. The summed E-state index contributed by atoms with van der Waals surface area (Å²) in [6.07, 6.45) is 0.813. The molecule has 4 rings (SSSR count). The Balaban J connectivity index is 1.49. The molecule has 3 aromatic rings. The summed E-state index contributed by atoms with van der Waals surface area (Å²) in [5.74, 6) is 2.31. The summed E-state index contributed by atoms with van der Waals surface area (Å²) < 4.78 is 16.5.